The second-order valence-corrected chi connectivity index (χ2v) is 7.25. The number of nitrogens with one attached hydrogen (secondary N) is 1. The maximum absolute atomic E-state index is 14.0. The highest BCUT2D eigenvalue weighted by atomic mass is 19.1. The Morgan fingerprint density at radius 2 is 2.12 bits per heavy atom. The summed E-state index contributed by atoms with van der Waals surface area (Å²) in [5.74, 6) is 0.0370. The Morgan fingerprint density at radius 3 is 2.84 bits per heavy atom. The Kier molecular flexibility index (Phi) is 4.19. The molecule has 0 bridgehead atoms. The molecule has 7 heteroatoms. The molecule has 0 unspecified atom stereocenters. The van der Waals surface area contributed by atoms with Crippen LogP contribution in [-0.4, -0.2) is 59.7 Å². The number of rotatable bonds is 4. The van der Waals surface area contributed by atoms with Gasteiger partial charge in [-0.15, -0.1) is 0 Å². The van der Waals surface area contributed by atoms with Crippen LogP contribution in [0.5, 0.6) is 0 Å². The minimum Gasteiger partial charge on any atom is -0.376 e. The van der Waals surface area contributed by atoms with Crippen LogP contribution in [0.3, 0.4) is 0 Å². The monoisotopic (exact) mass is 347 g/mol. The molecule has 1 aromatic rings. The molecule has 4 rings (SSSR count). The van der Waals surface area contributed by atoms with E-state index < -0.39 is 5.67 Å². The molecule has 6 nitrogen and oxygen atoms in total. The normalized spacial score (nSPS) is 29.8. The minimum absolute atomic E-state index is 0.0479. The highest BCUT2D eigenvalue weighted by molar-refractivity contribution is 5.94. The van der Waals surface area contributed by atoms with E-state index in [1.807, 2.05) is 0 Å². The highest BCUT2D eigenvalue weighted by Crippen LogP contribution is 2.43. The van der Waals surface area contributed by atoms with Crippen molar-refractivity contribution in [1.82, 2.24) is 15.2 Å². The molecule has 1 N–H and O–H groups in total. The molecule has 3 atom stereocenters. The van der Waals surface area contributed by atoms with Crippen molar-refractivity contribution < 1.29 is 18.7 Å². The van der Waals surface area contributed by atoms with Crippen molar-refractivity contribution in [1.29, 1.82) is 0 Å². The Bertz CT molecular complexity index is 665. The van der Waals surface area contributed by atoms with Crippen molar-refractivity contribution in [2.75, 3.05) is 26.2 Å². The van der Waals surface area contributed by atoms with Gasteiger partial charge in [0.05, 0.1) is 12.7 Å². The zero-order valence-electron chi connectivity index (χ0n) is 14.0. The summed E-state index contributed by atoms with van der Waals surface area (Å²) in [6, 6.07) is 3.34. The van der Waals surface area contributed by atoms with Gasteiger partial charge in [-0.05, 0) is 37.3 Å². The van der Waals surface area contributed by atoms with Crippen LogP contribution in [0.2, 0.25) is 0 Å². The van der Waals surface area contributed by atoms with Gasteiger partial charge in [-0.1, -0.05) is 0 Å². The van der Waals surface area contributed by atoms with E-state index in [2.05, 4.69) is 10.3 Å². The lowest BCUT2D eigenvalue weighted by Gasteiger charge is -2.36. The van der Waals surface area contributed by atoms with E-state index in [1.165, 1.54) is 0 Å². The second-order valence-electron chi connectivity index (χ2n) is 7.25. The molecule has 25 heavy (non-hydrogen) atoms. The number of aromatic nitrogens is 1. The summed E-state index contributed by atoms with van der Waals surface area (Å²) in [5.41, 5.74) is -1.02. The lowest BCUT2D eigenvalue weighted by Crippen LogP contribution is -2.49. The number of alkyl halides is 1. The number of ether oxygens (including phenoxy) is 1. The van der Waals surface area contributed by atoms with Crippen molar-refractivity contribution in [2.24, 2.45) is 11.8 Å². The quantitative estimate of drug-likeness (QED) is 0.888. The minimum atomic E-state index is -1.59. The Balaban J connectivity index is 1.30. The van der Waals surface area contributed by atoms with Crippen molar-refractivity contribution >= 4 is 11.8 Å². The van der Waals surface area contributed by atoms with E-state index in [4.69, 9.17) is 4.74 Å². The third kappa shape index (κ3) is 3.25. The number of pyridine rings is 1. The van der Waals surface area contributed by atoms with E-state index in [0.717, 1.165) is 6.42 Å². The molecule has 1 saturated carbocycles. The summed E-state index contributed by atoms with van der Waals surface area (Å²) in [6.07, 6.45) is 4.63. The zero-order valence-corrected chi connectivity index (χ0v) is 14.0. The third-order valence-electron chi connectivity index (χ3n) is 5.56. The number of halogens is 1. The van der Waals surface area contributed by atoms with Crippen molar-refractivity contribution in [3.05, 3.63) is 30.1 Å². The number of carbonyl (C=O) groups excluding carboxylic acids is 2. The molecule has 1 aromatic heterocycles. The second kappa shape index (κ2) is 6.37. The van der Waals surface area contributed by atoms with Crippen molar-refractivity contribution in [2.45, 2.75) is 31.0 Å². The first-order valence-electron chi connectivity index (χ1n) is 8.85. The maximum Gasteiger partial charge on any atom is 0.260 e. The van der Waals surface area contributed by atoms with E-state index in [1.54, 1.807) is 29.4 Å². The Labute approximate surface area is 145 Å². The van der Waals surface area contributed by atoms with Crippen LogP contribution in [0.4, 0.5) is 4.39 Å². The number of amides is 2. The van der Waals surface area contributed by atoms with Gasteiger partial charge >= 0.3 is 0 Å². The lowest BCUT2D eigenvalue weighted by molar-refractivity contribution is -0.140. The summed E-state index contributed by atoms with van der Waals surface area (Å²) >= 11 is 0. The molecule has 2 saturated heterocycles. The van der Waals surface area contributed by atoms with Gasteiger partial charge in [-0.25, -0.2) is 4.39 Å². The van der Waals surface area contributed by atoms with E-state index in [0.29, 0.717) is 50.6 Å². The third-order valence-corrected chi connectivity index (χ3v) is 5.56. The molecule has 0 aromatic carbocycles. The molecule has 1 aliphatic carbocycles. The predicted octanol–water partition coefficient (Wildman–Crippen LogP) is 1.18. The number of fused-ring (bicyclic) bond motifs is 1. The molecule has 134 valence electrons. The van der Waals surface area contributed by atoms with E-state index in [9.17, 15) is 14.0 Å². The van der Waals surface area contributed by atoms with Gasteiger partial charge in [-0.3, -0.25) is 14.6 Å². The molecule has 3 aliphatic rings. The molecule has 3 heterocycles. The molecule has 0 radical (unpaired) electrons. The number of nitrogens with zero attached hydrogens (tertiary/aromatic N) is 2. The Morgan fingerprint density at radius 1 is 1.36 bits per heavy atom. The largest absolute Gasteiger partial charge is 0.376 e. The number of hydrogen-bond donors (Lipinski definition) is 1. The first-order chi connectivity index (χ1) is 12.1. The van der Waals surface area contributed by atoms with Crippen molar-refractivity contribution in [3.8, 4) is 0 Å². The van der Waals surface area contributed by atoms with Crippen LogP contribution in [0.15, 0.2) is 24.5 Å². The molecular formula is C18H22FN3O3. The van der Waals surface area contributed by atoms with Gasteiger partial charge in [0.2, 0.25) is 0 Å². The molecule has 2 aliphatic heterocycles. The molecule has 2 amide bonds. The van der Waals surface area contributed by atoms with Gasteiger partial charge in [0.1, 0.15) is 0 Å². The molecule has 3 fully saturated rings. The number of carbonyl (C=O) groups is 2. The fourth-order valence-electron chi connectivity index (χ4n) is 3.89. The summed E-state index contributed by atoms with van der Waals surface area (Å²) in [6.45, 7) is 2.14. The average molecular weight is 347 g/mol. The average Bonchev–Trinajstić information content (AvgIpc) is 3.27. The number of hydrogen-bond acceptors (Lipinski definition) is 4. The molecular weight excluding hydrogens is 325 g/mol. The van der Waals surface area contributed by atoms with Gasteiger partial charge in [0.15, 0.2) is 5.67 Å². The zero-order chi connectivity index (χ0) is 17.4. The van der Waals surface area contributed by atoms with Crippen LogP contribution >= 0.6 is 0 Å². The first-order valence-corrected chi connectivity index (χ1v) is 8.85. The smallest absolute Gasteiger partial charge is 0.260 e. The van der Waals surface area contributed by atoms with Gasteiger partial charge in [0.25, 0.3) is 11.8 Å². The predicted molar refractivity (Wildman–Crippen MR) is 87.6 cm³/mol. The standard InChI is InChI=1S/C18H22FN3O3/c19-18(4-5-18)17(24)22-8-3-14-13(10-22)11-25-15(14)9-21-16(23)12-1-6-20-7-2-12/h1-2,6-7,13-15H,3-5,8-11H2,(H,21,23)/t13-,14-,15-/m0/s1. The van der Waals surface area contributed by atoms with Gasteiger partial charge < -0.3 is 15.0 Å². The van der Waals surface area contributed by atoms with E-state index in [-0.39, 0.29) is 23.8 Å². The maximum atomic E-state index is 14.0. The van der Waals surface area contributed by atoms with Crippen molar-refractivity contribution in [3.63, 3.8) is 0 Å². The number of piperidine rings is 1. The van der Waals surface area contributed by atoms with Crippen LogP contribution < -0.4 is 5.32 Å². The van der Waals surface area contributed by atoms with Crippen LogP contribution in [-0.2, 0) is 9.53 Å². The summed E-state index contributed by atoms with van der Waals surface area (Å²) in [5, 5.41) is 2.91. The molecule has 0 spiro atoms. The van der Waals surface area contributed by atoms with Crippen LogP contribution in [0.25, 0.3) is 0 Å². The first kappa shape index (κ1) is 16.4. The van der Waals surface area contributed by atoms with Crippen LogP contribution in [0.1, 0.15) is 29.6 Å². The van der Waals surface area contributed by atoms with Gasteiger partial charge in [-0.2, -0.15) is 0 Å². The fraction of sp³-hybridized carbons (Fsp3) is 0.611. The van der Waals surface area contributed by atoms with E-state index >= 15 is 0 Å². The SMILES string of the molecule is O=C(NC[C@@H]1OC[C@@H]2CN(C(=O)C3(F)CC3)CC[C@@H]21)c1ccncc1. The number of likely N-dealkylation sites (tertiary alicyclic amines) is 1. The lowest BCUT2D eigenvalue weighted by atomic mass is 9.84. The summed E-state index contributed by atoms with van der Waals surface area (Å²) < 4.78 is 19.9. The summed E-state index contributed by atoms with van der Waals surface area (Å²) in [4.78, 5) is 29.9. The fourth-order valence-corrected chi connectivity index (χ4v) is 3.89. The Hall–Kier alpha value is -2.02. The summed E-state index contributed by atoms with van der Waals surface area (Å²) in [7, 11) is 0. The van der Waals surface area contributed by atoms with Gasteiger partial charge in [0, 0.05) is 43.5 Å². The van der Waals surface area contributed by atoms with Crippen LogP contribution in [0, 0.1) is 11.8 Å². The highest BCUT2D eigenvalue weighted by Gasteiger charge is 2.54. The topological polar surface area (TPSA) is 71.5 Å².